The monoisotopic (exact) mass is 271 g/mol. The number of ether oxygens (including phenoxy) is 1. The summed E-state index contributed by atoms with van der Waals surface area (Å²) in [5.74, 6) is 0.792. The molecule has 3 rings (SSSR count). The van der Waals surface area contributed by atoms with E-state index in [4.69, 9.17) is 4.74 Å². The van der Waals surface area contributed by atoms with E-state index in [1.165, 1.54) is 6.07 Å². The molecule has 1 aliphatic carbocycles. The molecule has 20 heavy (non-hydrogen) atoms. The molecule has 1 N–H and O–H groups in total. The highest BCUT2D eigenvalue weighted by atomic mass is 16.6. The Bertz CT molecular complexity index is 654. The van der Waals surface area contributed by atoms with Gasteiger partial charge < -0.3 is 9.84 Å². The third-order valence-electron chi connectivity index (χ3n) is 3.46. The van der Waals surface area contributed by atoms with Crippen LogP contribution in [0.3, 0.4) is 0 Å². The van der Waals surface area contributed by atoms with E-state index in [0.717, 1.165) is 11.1 Å². The second-order valence-electron chi connectivity index (χ2n) is 4.71. The quantitative estimate of drug-likeness (QED) is 0.686. The summed E-state index contributed by atoms with van der Waals surface area (Å²) in [6.45, 7) is 0. The van der Waals surface area contributed by atoms with Crippen molar-refractivity contribution in [1.29, 1.82) is 0 Å². The molecular formula is C15H13NO4. The predicted octanol–water partition coefficient (Wildman–Crippen LogP) is 3.37. The van der Waals surface area contributed by atoms with Crippen molar-refractivity contribution in [2.45, 2.75) is 18.9 Å². The van der Waals surface area contributed by atoms with Gasteiger partial charge in [-0.25, -0.2) is 0 Å². The van der Waals surface area contributed by atoms with E-state index in [1.807, 2.05) is 6.07 Å². The van der Waals surface area contributed by atoms with Crippen LogP contribution in [0, 0.1) is 10.1 Å². The van der Waals surface area contributed by atoms with Crippen LogP contribution in [0.5, 0.6) is 11.5 Å². The van der Waals surface area contributed by atoms with Crippen LogP contribution in [-0.4, -0.2) is 10.0 Å². The van der Waals surface area contributed by atoms with Gasteiger partial charge in [0.05, 0.1) is 11.0 Å². The fourth-order valence-electron chi connectivity index (χ4n) is 2.50. The van der Waals surface area contributed by atoms with Crippen molar-refractivity contribution in [2.75, 3.05) is 0 Å². The van der Waals surface area contributed by atoms with Crippen LogP contribution in [0.15, 0.2) is 42.5 Å². The minimum atomic E-state index is -0.566. The van der Waals surface area contributed by atoms with E-state index in [2.05, 4.69) is 0 Å². The molecule has 0 saturated heterocycles. The summed E-state index contributed by atoms with van der Waals surface area (Å²) in [6.07, 6.45) is 0.589. The smallest absolute Gasteiger partial charge is 0.311 e. The molecule has 5 heteroatoms. The largest absolute Gasteiger partial charge is 0.450 e. The Morgan fingerprint density at radius 3 is 2.65 bits per heavy atom. The lowest BCUT2D eigenvalue weighted by atomic mass is 10.1. The number of hydrogen-bond donors (Lipinski definition) is 1. The summed E-state index contributed by atoms with van der Waals surface area (Å²) >= 11 is 0. The van der Waals surface area contributed by atoms with E-state index < -0.39 is 11.0 Å². The molecule has 0 aromatic heterocycles. The summed E-state index contributed by atoms with van der Waals surface area (Å²) in [5, 5.41) is 21.0. The van der Waals surface area contributed by atoms with Crippen molar-refractivity contribution in [3.63, 3.8) is 0 Å². The topological polar surface area (TPSA) is 72.6 Å². The van der Waals surface area contributed by atoms with Crippen molar-refractivity contribution < 1.29 is 14.8 Å². The summed E-state index contributed by atoms with van der Waals surface area (Å²) in [5.41, 5.74) is 1.39. The first-order chi connectivity index (χ1) is 9.66. The maximum Gasteiger partial charge on any atom is 0.311 e. The Morgan fingerprint density at radius 1 is 1.20 bits per heavy atom. The Morgan fingerprint density at radius 2 is 1.95 bits per heavy atom. The summed E-state index contributed by atoms with van der Waals surface area (Å²) in [7, 11) is 0. The highest BCUT2D eigenvalue weighted by molar-refractivity contribution is 5.58. The Balaban J connectivity index is 2.10. The molecule has 5 nitrogen and oxygen atoms in total. The van der Waals surface area contributed by atoms with Crippen LogP contribution in [-0.2, 0) is 6.42 Å². The van der Waals surface area contributed by atoms with Gasteiger partial charge in [0.25, 0.3) is 0 Å². The van der Waals surface area contributed by atoms with Crippen LogP contribution >= 0.6 is 0 Å². The van der Waals surface area contributed by atoms with Gasteiger partial charge in [0.15, 0.2) is 0 Å². The molecule has 0 bridgehead atoms. The average molecular weight is 271 g/mol. The van der Waals surface area contributed by atoms with Crippen LogP contribution in [0.4, 0.5) is 5.69 Å². The SMILES string of the molecule is O=[N+]([O-])c1ccc2c(c1Oc1ccccc1)CCC2O. The van der Waals surface area contributed by atoms with Crippen molar-refractivity contribution in [3.8, 4) is 11.5 Å². The standard InChI is InChI=1S/C15H13NO4/c17-14-9-7-12-11(14)6-8-13(16(18)19)15(12)20-10-4-2-1-3-5-10/h1-6,8,14,17H,7,9H2. The zero-order valence-corrected chi connectivity index (χ0v) is 10.7. The molecule has 1 unspecified atom stereocenters. The molecule has 0 spiro atoms. The van der Waals surface area contributed by atoms with Gasteiger partial charge in [-0.3, -0.25) is 10.1 Å². The molecule has 0 saturated carbocycles. The number of rotatable bonds is 3. The molecule has 0 fully saturated rings. The molecule has 0 heterocycles. The van der Waals surface area contributed by atoms with Crippen molar-refractivity contribution in [3.05, 3.63) is 63.7 Å². The third kappa shape index (κ3) is 2.12. The van der Waals surface area contributed by atoms with Gasteiger partial charge in [-0.05, 0) is 36.6 Å². The molecule has 102 valence electrons. The van der Waals surface area contributed by atoms with Crippen molar-refractivity contribution >= 4 is 5.69 Å². The number of aliphatic hydroxyl groups excluding tert-OH is 1. The average Bonchev–Trinajstić information content (AvgIpc) is 2.82. The zero-order valence-electron chi connectivity index (χ0n) is 10.7. The number of para-hydroxylation sites is 1. The molecule has 2 aromatic carbocycles. The Hall–Kier alpha value is -2.40. The first kappa shape index (κ1) is 12.6. The number of nitrogens with zero attached hydrogens (tertiary/aromatic N) is 1. The number of aliphatic hydroxyl groups is 1. The Kier molecular flexibility index (Phi) is 3.12. The van der Waals surface area contributed by atoms with Gasteiger partial charge in [-0.2, -0.15) is 0 Å². The first-order valence-electron chi connectivity index (χ1n) is 6.38. The van der Waals surface area contributed by atoms with Crippen LogP contribution in [0.25, 0.3) is 0 Å². The van der Waals surface area contributed by atoms with Crippen LogP contribution in [0.1, 0.15) is 23.7 Å². The number of fused-ring (bicyclic) bond motifs is 1. The van der Waals surface area contributed by atoms with Gasteiger partial charge in [-0.1, -0.05) is 18.2 Å². The zero-order chi connectivity index (χ0) is 14.1. The summed E-state index contributed by atoms with van der Waals surface area (Å²) in [4.78, 5) is 10.7. The number of benzene rings is 2. The van der Waals surface area contributed by atoms with Crippen LogP contribution < -0.4 is 4.74 Å². The van der Waals surface area contributed by atoms with E-state index >= 15 is 0 Å². The number of nitro groups is 1. The normalized spacial score (nSPS) is 16.8. The molecule has 0 amide bonds. The van der Waals surface area contributed by atoms with Crippen molar-refractivity contribution in [2.24, 2.45) is 0 Å². The highest BCUT2D eigenvalue weighted by Crippen LogP contribution is 2.43. The van der Waals surface area contributed by atoms with Crippen molar-refractivity contribution in [1.82, 2.24) is 0 Å². The van der Waals surface area contributed by atoms with E-state index in [0.29, 0.717) is 18.6 Å². The first-order valence-corrected chi connectivity index (χ1v) is 6.38. The maximum atomic E-state index is 11.2. The lowest BCUT2D eigenvalue weighted by Gasteiger charge is -2.11. The molecule has 1 atom stereocenters. The van der Waals surface area contributed by atoms with E-state index in [9.17, 15) is 15.2 Å². The lowest BCUT2D eigenvalue weighted by Crippen LogP contribution is -1.99. The van der Waals surface area contributed by atoms with Gasteiger partial charge >= 0.3 is 5.69 Å². The van der Waals surface area contributed by atoms with Gasteiger partial charge in [0.1, 0.15) is 5.75 Å². The van der Waals surface area contributed by atoms with Crippen LogP contribution in [0.2, 0.25) is 0 Å². The molecule has 2 aromatic rings. The van der Waals surface area contributed by atoms with E-state index in [1.54, 1.807) is 30.3 Å². The summed E-state index contributed by atoms with van der Waals surface area (Å²) < 4.78 is 5.71. The summed E-state index contributed by atoms with van der Waals surface area (Å²) in [6, 6.07) is 12.0. The second-order valence-corrected chi connectivity index (χ2v) is 4.71. The predicted molar refractivity (Wildman–Crippen MR) is 72.9 cm³/mol. The lowest BCUT2D eigenvalue weighted by molar-refractivity contribution is -0.385. The fraction of sp³-hybridized carbons (Fsp3) is 0.200. The third-order valence-corrected chi connectivity index (χ3v) is 3.46. The van der Waals surface area contributed by atoms with Gasteiger partial charge in [0, 0.05) is 11.6 Å². The Labute approximate surface area is 115 Å². The number of nitro benzene ring substituents is 1. The van der Waals surface area contributed by atoms with Gasteiger partial charge in [-0.15, -0.1) is 0 Å². The highest BCUT2D eigenvalue weighted by Gasteiger charge is 2.29. The minimum Gasteiger partial charge on any atom is -0.450 e. The van der Waals surface area contributed by atoms with E-state index in [-0.39, 0.29) is 11.4 Å². The molecular weight excluding hydrogens is 258 g/mol. The second kappa shape index (κ2) is 4.94. The maximum absolute atomic E-state index is 11.2. The molecule has 0 radical (unpaired) electrons. The molecule has 0 aliphatic heterocycles. The van der Waals surface area contributed by atoms with Gasteiger partial charge in [0.2, 0.25) is 5.75 Å². The molecule has 1 aliphatic rings. The fourth-order valence-corrected chi connectivity index (χ4v) is 2.50. The minimum absolute atomic E-state index is 0.0679. The number of hydrogen-bond acceptors (Lipinski definition) is 4.